The fourth-order valence-corrected chi connectivity index (χ4v) is 1.96. The average molecular weight is 266 g/mol. The molecule has 1 aromatic rings. The van der Waals surface area contributed by atoms with E-state index < -0.39 is 13.8 Å². The molecular formula is C8H8BrFO2P+. The van der Waals surface area contributed by atoms with Crippen LogP contribution in [0.5, 0.6) is 0 Å². The zero-order valence-electron chi connectivity index (χ0n) is 6.96. The zero-order valence-corrected chi connectivity index (χ0v) is 9.44. The first-order chi connectivity index (χ1) is 6.15. The van der Waals surface area contributed by atoms with Gasteiger partial charge in [-0.25, -0.2) is 4.39 Å². The molecular weight excluding hydrogens is 258 g/mol. The van der Waals surface area contributed by atoms with E-state index in [-0.39, 0.29) is 5.30 Å². The first-order valence-electron chi connectivity index (χ1n) is 3.70. The van der Waals surface area contributed by atoms with Gasteiger partial charge >= 0.3 is 8.03 Å². The number of rotatable bonds is 3. The normalized spacial score (nSPS) is 11.5. The van der Waals surface area contributed by atoms with Crippen LogP contribution >= 0.6 is 24.0 Å². The Bertz CT molecular complexity index is 330. The van der Waals surface area contributed by atoms with Crippen LogP contribution in [-0.2, 0) is 9.09 Å². The molecule has 1 atom stereocenters. The minimum Gasteiger partial charge on any atom is -0.202 e. The maximum Gasteiger partial charge on any atom is 0.551 e. The Morgan fingerprint density at radius 1 is 1.62 bits per heavy atom. The Hall–Kier alpha value is -0.310. The van der Waals surface area contributed by atoms with E-state index >= 15 is 0 Å². The SMILES string of the molecule is CCO[P+](=O)c1ccc(Br)cc1F. The average Bonchev–Trinajstić information content (AvgIpc) is 2.04. The summed E-state index contributed by atoms with van der Waals surface area (Å²) in [6.07, 6.45) is 0. The van der Waals surface area contributed by atoms with Gasteiger partial charge in [-0.05, 0) is 29.7 Å². The summed E-state index contributed by atoms with van der Waals surface area (Å²) in [5, 5.41) is 0.111. The summed E-state index contributed by atoms with van der Waals surface area (Å²) in [7, 11) is -2.05. The second kappa shape index (κ2) is 4.80. The summed E-state index contributed by atoms with van der Waals surface area (Å²) in [6.45, 7) is 2.02. The van der Waals surface area contributed by atoms with Gasteiger partial charge in [0.1, 0.15) is 6.61 Å². The van der Waals surface area contributed by atoms with Gasteiger partial charge in [-0.15, -0.1) is 4.52 Å². The molecule has 0 radical (unpaired) electrons. The van der Waals surface area contributed by atoms with Gasteiger partial charge in [0.25, 0.3) is 5.30 Å². The van der Waals surface area contributed by atoms with Crippen LogP contribution in [0.4, 0.5) is 4.39 Å². The van der Waals surface area contributed by atoms with Crippen molar-refractivity contribution < 1.29 is 13.5 Å². The quantitative estimate of drug-likeness (QED) is 0.786. The molecule has 1 aromatic carbocycles. The summed E-state index contributed by atoms with van der Waals surface area (Å²) >= 11 is 3.11. The highest BCUT2D eigenvalue weighted by atomic mass is 79.9. The van der Waals surface area contributed by atoms with Crippen LogP contribution in [0.15, 0.2) is 22.7 Å². The van der Waals surface area contributed by atoms with Crippen molar-refractivity contribution in [2.45, 2.75) is 6.92 Å². The summed E-state index contributed by atoms with van der Waals surface area (Å²) in [5.74, 6) is -0.510. The molecule has 13 heavy (non-hydrogen) atoms. The van der Waals surface area contributed by atoms with Crippen LogP contribution in [0.3, 0.4) is 0 Å². The number of hydrogen-bond donors (Lipinski definition) is 0. The molecule has 0 spiro atoms. The first kappa shape index (κ1) is 10.8. The molecule has 0 saturated carbocycles. The zero-order chi connectivity index (χ0) is 9.84. The fraction of sp³-hybridized carbons (Fsp3) is 0.250. The Morgan fingerprint density at radius 3 is 2.85 bits per heavy atom. The summed E-state index contributed by atoms with van der Waals surface area (Å²) in [6, 6.07) is 4.35. The molecule has 0 aliphatic carbocycles. The summed E-state index contributed by atoms with van der Waals surface area (Å²) < 4.78 is 29.8. The van der Waals surface area contributed by atoms with Crippen LogP contribution in [0.2, 0.25) is 0 Å². The molecule has 0 amide bonds. The van der Waals surface area contributed by atoms with Crippen molar-refractivity contribution in [1.82, 2.24) is 0 Å². The monoisotopic (exact) mass is 265 g/mol. The van der Waals surface area contributed by atoms with Crippen LogP contribution in [0, 0.1) is 5.82 Å². The van der Waals surface area contributed by atoms with Crippen LogP contribution < -0.4 is 5.30 Å². The van der Waals surface area contributed by atoms with Crippen molar-refractivity contribution in [3.63, 3.8) is 0 Å². The van der Waals surface area contributed by atoms with Crippen LogP contribution in [-0.4, -0.2) is 6.61 Å². The van der Waals surface area contributed by atoms with Crippen molar-refractivity contribution in [3.05, 3.63) is 28.5 Å². The Kier molecular flexibility index (Phi) is 3.97. The van der Waals surface area contributed by atoms with E-state index in [1.165, 1.54) is 12.1 Å². The highest BCUT2D eigenvalue weighted by Crippen LogP contribution is 2.24. The van der Waals surface area contributed by atoms with E-state index in [2.05, 4.69) is 15.9 Å². The van der Waals surface area contributed by atoms with Crippen molar-refractivity contribution in [2.24, 2.45) is 0 Å². The second-order valence-electron chi connectivity index (χ2n) is 2.27. The molecule has 0 bridgehead atoms. The largest absolute Gasteiger partial charge is 0.551 e. The fourth-order valence-electron chi connectivity index (χ4n) is 0.816. The van der Waals surface area contributed by atoms with Gasteiger partial charge in [0.15, 0.2) is 5.82 Å². The molecule has 0 aromatic heterocycles. The van der Waals surface area contributed by atoms with Crippen molar-refractivity contribution in [1.29, 1.82) is 0 Å². The predicted molar refractivity (Wildman–Crippen MR) is 53.0 cm³/mol. The molecule has 0 fully saturated rings. The van der Waals surface area contributed by atoms with Crippen molar-refractivity contribution in [3.8, 4) is 0 Å². The number of benzene rings is 1. The summed E-state index contributed by atoms with van der Waals surface area (Å²) in [4.78, 5) is 0. The third-order valence-corrected chi connectivity index (χ3v) is 3.09. The van der Waals surface area contributed by atoms with Gasteiger partial charge in [0.05, 0.1) is 0 Å². The highest BCUT2D eigenvalue weighted by Gasteiger charge is 2.26. The first-order valence-corrected chi connectivity index (χ1v) is 5.67. The van der Waals surface area contributed by atoms with Crippen LogP contribution in [0.1, 0.15) is 6.92 Å². The topological polar surface area (TPSA) is 26.3 Å². The van der Waals surface area contributed by atoms with Gasteiger partial charge in [-0.2, -0.15) is 0 Å². The van der Waals surface area contributed by atoms with Crippen molar-refractivity contribution >= 4 is 29.3 Å². The third kappa shape index (κ3) is 2.83. The molecule has 0 aliphatic heterocycles. The molecule has 5 heteroatoms. The predicted octanol–water partition coefficient (Wildman–Crippen LogP) is 2.99. The number of hydrogen-bond acceptors (Lipinski definition) is 2. The van der Waals surface area contributed by atoms with E-state index in [0.29, 0.717) is 11.1 Å². The van der Waals surface area contributed by atoms with Gasteiger partial charge < -0.3 is 0 Å². The van der Waals surface area contributed by atoms with E-state index in [0.717, 1.165) is 0 Å². The lowest BCUT2D eigenvalue weighted by molar-refractivity contribution is 0.356. The second-order valence-corrected chi connectivity index (χ2v) is 4.44. The lowest BCUT2D eigenvalue weighted by atomic mass is 10.3. The van der Waals surface area contributed by atoms with E-state index in [1.54, 1.807) is 13.0 Å². The van der Waals surface area contributed by atoms with Gasteiger partial charge in [-0.1, -0.05) is 15.9 Å². The molecule has 2 nitrogen and oxygen atoms in total. The molecule has 0 N–H and O–H groups in total. The maximum atomic E-state index is 13.1. The smallest absolute Gasteiger partial charge is 0.202 e. The molecule has 0 heterocycles. The molecule has 70 valence electrons. The summed E-state index contributed by atoms with van der Waals surface area (Å²) in [5.41, 5.74) is 0. The molecule has 0 aliphatic rings. The van der Waals surface area contributed by atoms with E-state index in [4.69, 9.17) is 4.52 Å². The number of halogens is 2. The minimum atomic E-state index is -2.05. The maximum absolute atomic E-state index is 13.1. The molecule has 0 saturated heterocycles. The molecule has 1 rings (SSSR count). The van der Waals surface area contributed by atoms with Gasteiger partial charge in [-0.3, -0.25) is 0 Å². The Morgan fingerprint density at radius 2 is 2.31 bits per heavy atom. The highest BCUT2D eigenvalue weighted by molar-refractivity contribution is 9.10. The van der Waals surface area contributed by atoms with Gasteiger partial charge in [0, 0.05) is 4.47 Å². The standard InChI is InChI=1S/C8H8BrFO2P/c1-2-12-13(11)8-4-3-6(9)5-7(8)10/h3-5H,2H2,1H3/q+1. The van der Waals surface area contributed by atoms with Crippen molar-refractivity contribution in [2.75, 3.05) is 6.61 Å². The van der Waals surface area contributed by atoms with E-state index in [1.807, 2.05) is 0 Å². The minimum absolute atomic E-state index is 0.111. The van der Waals surface area contributed by atoms with Gasteiger partial charge in [0.2, 0.25) is 0 Å². The molecule has 1 unspecified atom stereocenters. The Balaban J connectivity index is 2.95. The lowest BCUT2D eigenvalue weighted by Gasteiger charge is -1.91. The lowest BCUT2D eigenvalue weighted by Crippen LogP contribution is -2.03. The third-order valence-electron chi connectivity index (χ3n) is 1.35. The Labute approximate surface area is 85.1 Å². The van der Waals surface area contributed by atoms with E-state index in [9.17, 15) is 8.96 Å². The van der Waals surface area contributed by atoms with Crippen LogP contribution in [0.25, 0.3) is 0 Å².